The molecule has 7 nitrogen and oxygen atoms in total. The summed E-state index contributed by atoms with van der Waals surface area (Å²) in [7, 11) is -2.21. The van der Waals surface area contributed by atoms with Gasteiger partial charge in [0.25, 0.3) is 10.0 Å². The number of hydrogen-bond acceptors (Lipinski definition) is 5. The summed E-state index contributed by atoms with van der Waals surface area (Å²) >= 11 is 0.928. The van der Waals surface area contributed by atoms with Crippen molar-refractivity contribution in [2.45, 2.75) is 18.7 Å². The number of anilines is 1. The molecule has 0 aliphatic rings. The van der Waals surface area contributed by atoms with E-state index in [1.54, 1.807) is 27.0 Å². The summed E-state index contributed by atoms with van der Waals surface area (Å²) < 4.78 is 28.4. The second-order valence-electron chi connectivity index (χ2n) is 4.24. The summed E-state index contributed by atoms with van der Waals surface area (Å²) in [4.78, 5) is 11.3. The third-order valence-corrected chi connectivity index (χ3v) is 5.26. The number of aromatic carboxylic acids is 1. The fraction of sp³-hybridized carbons (Fsp3) is 0.273. The molecule has 2 aromatic heterocycles. The number of sulfonamides is 1. The van der Waals surface area contributed by atoms with E-state index in [-0.39, 0.29) is 9.77 Å². The topological polar surface area (TPSA) is 101 Å². The van der Waals surface area contributed by atoms with Gasteiger partial charge in [-0.3, -0.25) is 9.40 Å². The van der Waals surface area contributed by atoms with Gasteiger partial charge in [-0.2, -0.15) is 5.10 Å². The fourth-order valence-corrected chi connectivity index (χ4v) is 4.25. The number of nitrogens with one attached hydrogen (secondary N) is 1. The molecule has 0 bridgehead atoms. The first-order valence-electron chi connectivity index (χ1n) is 5.58. The van der Waals surface area contributed by atoms with Crippen LogP contribution in [0.25, 0.3) is 0 Å². The zero-order chi connectivity index (χ0) is 15.1. The van der Waals surface area contributed by atoms with E-state index in [1.165, 1.54) is 4.68 Å². The fourth-order valence-electron chi connectivity index (χ4n) is 1.74. The summed E-state index contributed by atoms with van der Waals surface area (Å²) in [5.74, 6) is -0.819. The van der Waals surface area contributed by atoms with Crippen LogP contribution in [0.3, 0.4) is 0 Å². The summed E-state index contributed by atoms with van der Waals surface area (Å²) in [6.45, 7) is 3.32. The standard InChI is InChI=1S/C11H13N3O4S2/c1-6-4-10(14(3)12-6)13-20(17,18)9-5-8(11(15)16)19-7(9)2/h4-5,13H,1-3H3,(H,15,16). The van der Waals surface area contributed by atoms with Crippen LogP contribution >= 0.6 is 11.3 Å². The Labute approximate surface area is 119 Å². The van der Waals surface area contributed by atoms with Gasteiger partial charge in [0.15, 0.2) is 0 Å². The van der Waals surface area contributed by atoms with Crippen molar-refractivity contribution in [2.75, 3.05) is 4.72 Å². The number of carboxylic acid groups (broad SMARTS) is 1. The van der Waals surface area contributed by atoms with Crippen LogP contribution in [-0.2, 0) is 17.1 Å². The first-order valence-corrected chi connectivity index (χ1v) is 7.88. The SMILES string of the molecule is Cc1cc(NS(=O)(=O)c2cc(C(=O)O)sc2C)n(C)n1. The van der Waals surface area contributed by atoms with Crippen LogP contribution in [0, 0.1) is 13.8 Å². The Morgan fingerprint density at radius 2 is 2.05 bits per heavy atom. The van der Waals surface area contributed by atoms with E-state index in [9.17, 15) is 13.2 Å². The van der Waals surface area contributed by atoms with Gasteiger partial charge in [-0.1, -0.05) is 0 Å². The normalized spacial score (nSPS) is 11.6. The number of rotatable bonds is 4. The van der Waals surface area contributed by atoms with Gasteiger partial charge in [0.1, 0.15) is 15.6 Å². The second-order valence-corrected chi connectivity index (χ2v) is 7.14. The highest BCUT2D eigenvalue weighted by atomic mass is 32.2. The van der Waals surface area contributed by atoms with Crippen LogP contribution in [0.15, 0.2) is 17.0 Å². The molecule has 2 heterocycles. The van der Waals surface area contributed by atoms with E-state index in [0.717, 1.165) is 17.4 Å². The Morgan fingerprint density at radius 1 is 1.40 bits per heavy atom. The van der Waals surface area contributed by atoms with Crippen LogP contribution in [0.1, 0.15) is 20.2 Å². The molecule has 0 fully saturated rings. The van der Waals surface area contributed by atoms with Crippen molar-refractivity contribution >= 4 is 33.1 Å². The highest BCUT2D eigenvalue weighted by Gasteiger charge is 2.23. The molecule has 2 N–H and O–H groups in total. The zero-order valence-electron chi connectivity index (χ0n) is 11.0. The lowest BCUT2D eigenvalue weighted by Gasteiger charge is -2.07. The maximum absolute atomic E-state index is 12.3. The van der Waals surface area contributed by atoms with Crippen molar-refractivity contribution in [1.29, 1.82) is 0 Å². The largest absolute Gasteiger partial charge is 0.477 e. The predicted octanol–water partition coefficient (Wildman–Crippen LogP) is 1.60. The monoisotopic (exact) mass is 315 g/mol. The molecule has 0 aromatic carbocycles. The zero-order valence-corrected chi connectivity index (χ0v) is 12.7. The van der Waals surface area contributed by atoms with Crippen LogP contribution < -0.4 is 4.72 Å². The number of carboxylic acids is 1. The second kappa shape index (κ2) is 4.91. The lowest BCUT2D eigenvalue weighted by atomic mass is 10.4. The number of carbonyl (C=O) groups is 1. The molecule has 20 heavy (non-hydrogen) atoms. The quantitative estimate of drug-likeness (QED) is 0.892. The van der Waals surface area contributed by atoms with E-state index in [1.807, 2.05) is 0 Å². The molecule has 0 atom stereocenters. The first kappa shape index (κ1) is 14.5. The molecule has 0 aliphatic heterocycles. The summed E-state index contributed by atoms with van der Waals surface area (Å²) in [6.07, 6.45) is 0. The summed E-state index contributed by atoms with van der Waals surface area (Å²) in [5, 5.41) is 12.9. The predicted molar refractivity (Wildman–Crippen MR) is 74.8 cm³/mol. The van der Waals surface area contributed by atoms with Gasteiger partial charge in [0.05, 0.1) is 5.69 Å². The molecule has 0 spiro atoms. The van der Waals surface area contributed by atoms with Gasteiger partial charge >= 0.3 is 5.97 Å². The van der Waals surface area contributed by atoms with Crippen molar-refractivity contribution < 1.29 is 18.3 Å². The Morgan fingerprint density at radius 3 is 2.50 bits per heavy atom. The van der Waals surface area contributed by atoms with Crippen molar-refractivity contribution in [2.24, 2.45) is 7.05 Å². The lowest BCUT2D eigenvalue weighted by molar-refractivity contribution is 0.0702. The van der Waals surface area contributed by atoms with Crippen LogP contribution in [0.4, 0.5) is 5.82 Å². The molecule has 0 unspecified atom stereocenters. The summed E-state index contributed by atoms with van der Waals surface area (Å²) in [5.41, 5.74) is 0.679. The Hall–Kier alpha value is -1.87. The minimum absolute atomic E-state index is 0.0101. The van der Waals surface area contributed by atoms with Gasteiger partial charge in [0, 0.05) is 18.0 Å². The van der Waals surface area contributed by atoms with Crippen LogP contribution in [0.5, 0.6) is 0 Å². The Balaban J connectivity index is 2.40. The average Bonchev–Trinajstić information content (AvgIpc) is 2.83. The number of hydrogen-bond donors (Lipinski definition) is 2. The molecule has 2 aromatic rings. The number of aryl methyl sites for hydroxylation is 3. The highest BCUT2D eigenvalue weighted by molar-refractivity contribution is 7.93. The van der Waals surface area contributed by atoms with Gasteiger partial charge in [-0.15, -0.1) is 11.3 Å². The van der Waals surface area contributed by atoms with E-state index < -0.39 is 16.0 Å². The molecular weight excluding hydrogens is 302 g/mol. The number of nitrogens with zero attached hydrogens (tertiary/aromatic N) is 2. The van der Waals surface area contributed by atoms with Crippen molar-refractivity contribution in [3.8, 4) is 0 Å². The lowest BCUT2D eigenvalue weighted by Crippen LogP contribution is -2.15. The molecule has 0 radical (unpaired) electrons. The Kier molecular flexibility index (Phi) is 3.57. The van der Waals surface area contributed by atoms with E-state index in [0.29, 0.717) is 16.4 Å². The van der Waals surface area contributed by atoms with Crippen LogP contribution in [0.2, 0.25) is 0 Å². The van der Waals surface area contributed by atoms with E-state index >= 15 is 0 Å². The molecular formula is C11H13N3O4S2. The number of thiophene rings is 1. The third kappa shape index (κ3) is 2.68. The van der Waals surface area contributed by atoms with Gasteiger partial charge in [0.2, 0.25) is 0 Å². The van der Waals surface area contributed by atoms with Gasteiger partial charge in [-0.05, 0) is 19.9 Å². The van der Waals surface area contributed by atoms with Crippen molar-refractivity contribution in [3.63, 3.8) is 0 Å². The average molecular weight is 315 g/mol. The van der Waals surface area contributed by atoms with Crippen molar-refractivity contribution in [1.82, 2.24) is 9.78 Å². The summed E-state index contributed by atoms with van der Waals surface area (Å²) in [6, 6.07) is 2.76. The maximum atomic E-state index is 12.3. The van der Waals surface area contributed by atoms with E-state index in [4.69, 9.17) is 5.11 Å². The molecule has 0 saturated heterocycles. The highest BCUT2D eigenvalue weighted by Crippen LogP contribution is 2.27. The minimum Gasteiger partial charge on any atom is -0.477 e. The molecule has 9 heteroatoms. The first-order chi connectivity index (χ1) is 9.20. The number of aromatic nitrogens is 2. The third-order valence-electron chi connectivity index (χ3n) is 2.61. The molecule has 2 rings (SSSR count). The minimum atomic E-state index is -3.83. The van der Waals surface area contributed by atoms with Gasteiger partial charge in [-0.25, -0.2) is 13.2 Å². The molecule has 0 saturated carbocycles. The van der Waals surface area contributed by atoms with Crippen molar-refractivity contribution in [3.05, 3.63) is 27.6 Å². The maximum Gasteiger partial charge on any atom is 0.345 e. The van der Waals surface area contributed by atoms with Crippen LogP contribution in [-0.4, -0.2) is 29.3 Å². The molecule has 108 valence electrons. The molecule has 0 aliphatic carbocycles. The van der Waals surface area contributed by atoms with E-state index in [2.05, 4.69) is 9.82 Å². The van der Waals surface area contributed by atoms with Gasteiger partial charge < -0.3 is 5.11 Å². The Bertz CT molecular complexity index is 774. The molecule has 0 amide bonds. The smallest absolute Gasteiger partial charge is 0.345 e.